The summed E-state index contributed by atoms with van der Waals surface area (Å²) in [7, 11) is 0. The van der Waals surface area contributed by atoms with Gasteiger partial charge in [-0.2, -0.15) is 0 Å². The molecular weight excluding hydrogens is 364 g/mol. The first-order valence-corrected chi connectivity index (χ1v) is 9.45. The molecule has 4 rings (SSSR count). The van der Waals surface area contributed by atoms with E-state index in [4.69, 9.17) is 0 Å². The maximum Gasteiger partial charge on any atom is 0.297 e. The van der Waals surface area contributed by atoms with Gasteiger partial charge in [-0.05, 0) is 44.2 Å². The maximum absolute atomic E-state index is 13.1. The molecule has 0 radical (unpaired) electrons. The van der Waals surface area contributed by atoms with Crippen LogP contribution in [0.5, 0.6) is 0 Å². The molecule has 1 aromatic heterocycles. The first kappa shape index (κ1) is 18.7. The zero-order valence-corrected chi connectivity index (χ0v) is 15.6. The van der Waals surface area contributed by atoms with Crippen LogP contribution in [0, 0.1) is 12.3 Å². The summed E-state index contributed by atoms with van der Waals surface area (Å²) in [6, 6.07) is 9.14. The fourth-order valence-electron chi connectivity index (χ4n) is 4.31. The molecule has 2 aliphatic rings. The molecule has 28 heavy (non-hydrogen) atoms. The van der Waals surface area contributed by atoms with Crippen molar-refractivity contribution in [2.24, 2.45) is 5.41 Å². The van der Waals surface area contributed by atoms with Gasteiger partial charge in [0.2, 0.25) is 0 Å². The van der Waals surface area contributed by atoms with Crippen molar-refractivity contribution < 1.29 is 18.4 Å². The normalized spacial score (nSPS) is 18.4. The SMILES string of the molecule is Cc1cc(C(=O)N2CCC3(CCc4ccccc4C3=O)CC2)nc(C(F)F)n1. The lowest BCUT2D eigenvalue weighted by Crippen LogP contribution is -2.48. The smallest absolute Gasteiger partial charge is 0.297 e. The van der Waals surface area contributed by atoms with E-state index in [0.717, 1.165) is 24.0 Å². The van der Waals surface area contributed by atoms with Gasteiger partial charge >= 0.3 is 0 Å². The Morgan fingerprint density at radius 3 is 2.57 bits per heavy atom. The van der Waals surface area contributed by atoms with Crippen LogP contribution in [0.2, 0.25) is 0 Å². The standard InChI is InChI=1S/C21H21F2N3O2/c1-13-12-16(25-19(24-13)18(22)23)20(28)26-10-8-21(9-11-26)7-6-14-4-2-3-5-15(14)17(21)27/h2-5,12,18H,6-11H2,1H3. The van der Waals surface area contributed by atoms with E-state index in [0.29, 0.717) is 31.6 Å². The second-order valence-corrected chi connectivity index (χ2v) is 7.61. The number of nitrogens with zero attached hydrogens (tertiary/aromatic N) is 3. The van der Waals surface area contributed by atoms with Crippen LogP contribution in [0.15, 0.2) is 30.3 Å². The Bertz CT molecular complexity index is 937. The number of benzene rings is 1. The number of fused-ring (bicyclic) bond motifs is 1. The van der Waals surface area contributed by atoms with Gasteiger partial charge in [0.25, 0.3) is 12.3 Å². The van der Waals surface area contributed by atoms with Crippen LogP contribution in [0.4, 0.5) is 8.78 Å². The van der Waals surface area contributed by atoms with E-state index in [9.17, 15) is 18.4 Å². The molecule has 1 fully saturated rings. The Balaban J connectivity index is 1.51. The highest BCUT2D eigenvalue weighted by molar-refractivity contribution is 6.03. The number of alkyl halides is 2. The van der Waals surface area contributed by atoms with Gasteiger partial charge in [-0.1, -0.05) is 24.3 Å². The van der Waals surface area contributed by atoms with Crippen LogP contribution in [0.25, 0.3) is 0 Å². The number of piperidine rings is 1. The number of carbonyl (C=O) groups is 2. The van der Waals surface area contributed by atoms with E-state index >= 15 is 0 Å². The van der Waals surface area contributed by atoms with E-state index in [1.165, 1.54) is 6.07 Å². The fourth-order valence-corrected chi connectivity index (χ4v) is 4.31. The van der Waals surface area contributed by atoms with Crippen molar-refractivity contribution in [3.8, 4) is 0 Å². The number of halogens is 2. The van der Waals surface area contributed by atoms with Gasteiger partial charge in [0.05, 0.1) is 0 Å². The molecule has 1 saturated heterocycles. The van der Waals surface area contributed by atoms with Crippen LogP contribution in [-0.4, -0.2) is 39.6 Å². The van der Waals surface area contributed by atoms with Gasteiger partial charge in [0, 0.05) is 29.8 Å². The third-order valence-corrected chi connectivity index (χ3v) is 5.91. The summed E-state index contributed by atoms with van der Waals surface area (Å²) >= 11 is 0. The zero-order chi connectivity index (χ0) is 19.9. The summed E-state index contributed by atoms with van der Waals surface area (Å²) in [6.45, 7) is 2.40. The van der Waals surface area contributed by atoms with Gasteiger partial charge in [-0.15, -0.1) is 0 Å². The second kappa shape index (κ2) is 7.04. The summed E-state index contributed by atoms with van der Waals surface area (Å²) in [6.07, 6.45) is -0.0165. The molecule has 0 bridgehead atoms. The lowest BCUT2D eigenvalue weighted by Gasteiger charge is -2.43. The minimum atomic E-state index is -2.82. The van der Waals surface area contributed by atoms with Gasteiger partial charge in [0.15, 0.2) is 11.6 Å². The maximum atomic E-state index is 13.1. The Labute approximate surface area is 161 Å². The third-order valence-electron chi connectivity index (χ3n) is 5.91. The minimum absolute atomic E-state index is 0.0148. The molecule has 146 valence electrons. The molecule has 2 aromatic rings. The molecule has 1 spiro atoms. The first-order valence-electron chi connectivity index (χ1n) is 9.45. The molecule has 2 heterocycles. The molecule has 1 aliphatic heterocycles. The van der Waals surface area contributed by atoms with Crippen LogP contribution >= 0.6 is 0 Å². The molecule has 1 aliphatic carbocycles. The minimum Gasteiger partial charge on any atom is -0.337 e. The van der Waals surface area contributed by atoms with Crippen LogP contribution < -0.4 is 0 Å². The van der Waals surface area contributed by atoms with Crippen LogP contribution in [0.3, 0.4) is 0 Å². The summed E-state index contributed by atoms with van der Waals surface area (Å²) in [4.78, 5) is 34.9. The summed E-state index contributed by atoms with van der Waals surface area (Å²) in [5.41, 5.74) is 1.77. The number of hydrogen-bond acceptors (Lipinski definition) is 4. The number of likely N-dealkylation sites (tertiary alicyclic amines) is 1. The van der Waals surface area contributed by atoms with E-state index in [1.807, 2.05) is 24.3 Å². The van der Waals surface area contributed by atoms with Crippen molar-refractivity contribution in [1.29, 1.82) is 0 Å². The summed E-state index contributed by atoms with van der Waals surface area (Å²) in [5.74, 6) is -0.846. The van der Waals surface area contributed by atoms with Crippen LogP contribution in [-0.2, 0) is 6.42 Å². The average molecular weight is 385 g/mol. The van der Waals surface area contributed by atoms with Crippen molar-refractivity contribution in [2.75, 3.05) is 13.1 Å². The van der Waals surface area contributed by atoms with Gasteiger partial charge in [-0.3, -0.25) is 9.59 Å². The Morgan fingerprint density at radius 1 is 1.14 bits per heavy atom. The molecule has 7 heteroatoms. The highest BCUT2D eigenvalue weighted by atomic mass is 19.3. The number of amides is 1. The quantitative estimate of drug-likeness (QED) is 0.789. The number of hydrogen-bond donors (Lipinski definition) is 0. The van der Waals surface area contributed by atoms with E-state index in [2.05, 4.69) is 9.97 Å². The van der Waals surface area contributed by atoms with E-state index in [1.54, 1.807) is 11.8 Å². The lowest BCUT2D eigenvalue weighted by atomic mass is 9.65. The summed E-state index contributed by atoms with van der Waals surface area (Å²) < 4.78 is 25.9. The predicted molar refractivity (Wildman–Crippen MR) is 98.4 cm³/mol. The Hall–Kier alpha value is -2.70. The van der Waals surface area contributed by atoms with Crippen molar-refractivity contribution in [3.63, 3.8) is 0 Å². The number of rotatable bonds is 2. The van der Waals surface area contributed by atoms with Crippen LogP contribution in [0.1, 0.15) is 63.6 Å². The predicted octanol–water partition coefficient (Wildman–Crippen LogP) is 3.77. The monoisotopic (exact) mass is 385 g/mol. The number of ketones is 1. The third kappa shape index (κ3) is 3.19. The molecule has 1 amide bonds. The first-order chi connectivity index (χ1) is 13.4. The number of Topliss-reactive ketones (excluding diaryl/α,β-unsaturated/α-hetero) is 1. The molecule has 5 nitrogen and oxygen atoms in total. The molecule has 0 saturated carbocycles. The molecule has 0 unspecified atom stereocenters. The van der Waals surface area contributed by atoms with Gasteiger partial charge < -0.3 is 4.90 Å². The molecular formula is C21H21F2N3O2. The zero-order valence-electron chi connectivity index (χ0n) is 15.6. The number of aromatic nitrogens is 2. The van der Waals surface area contributed by atoms with Crippen molar-refractivity contribution >= 4 is 11.7 Å². The number of carbonyl (C=O) groups excluding carboxylic acids is 2. The van der Waals surface area contributed by atoms with Crippen molar-refractivity contribution in [1.82, 2.24) is 14.9 Å². The topological polar surface area (TPSA) is 63.2 Å². The number of aryl methyl sites for hydroxylation is 2. The highest BCUT2D eigenvalue weighted by Gasteiger charge is 2.45. The fraction of sp³-hybridized carbons (Fsp3) is 0.429. The van der Waals surface area contributed by atoms with Crippen molar-refractivity contribution in [2.45, 2.75) is 39.0 Å². The molecule has 0 atom stereocenters. The van der Waals surface area contributed by atoms with E-state index in [-0.39, 0.29) is 17.4 Å². The van der Waals surface area contributed by atoms with Gasteiger partial charge in [-0.25, -0.2) is 18.7 Å². The Morgan fingerprint density at radius 2 is 1.86 bits per heavy atom. The average Bonchev–Trinajstić information content (AvgIpc) is 2.71. The highest BCUT2D eigenvalue weighted by Crippen LogP contribution is 2.43. The molecule has 1 aromatic carbocycles. The largest absolute Gasteiger partial charge is 0.337 e. The Kier molecular flexibility index (Phi) is 4.69. The lowest BCUT2D eigenvalue weighted by molar-refractivity contribution is 0.0453. The van der Waals surface area contributed by atoms with Crippen molar-refractivity contribution in [3.05, 3.63) is 58.7 Å². The second-order valence-electron chi connectivity index (χ2n) is 7.61. The van der Waals surface area contributed by atoms with E-state index < -0.39 is 17.7 Å². The summed E-state index contributed by atoms with van der Waals surface area (Å²) in [5, 5.41) is 0. The molecule has 0 N–H and O–H groups in total. The van der Waals surface area contributed by atoms with Gasteiger partial charge in [0.1, 0.15) is 5.69 Å².